The smallest absolute Gasteiger partial charge is 0.753 e. The molecule has 0 fully saturated rings. The van der Waals surface area contributed by atoms with Crippen molar-refractivity contribution in [1.29, 1.82) is 0 Å². The predicted octanol–water partition coefficient (Wildman–Crippen LogP) is -1.68. The molecular weight excluding hydrogens is 352 g/mol. The fourth-order valence-electron chi connectivity index (χ4n) is 0. The first-order chi connectivity index (χ1) is 2.83. The number of isothiocyanates is 2. The Balaban J connectivity index is -0.0000000160. The van der Waals surface area contributed by atoms with Gasteiger partial charge in [-0.25, -0.2) is 0 Å². The first-order valence-corrected chi connectivity index (χ1v) is 1.67. The van der Waals surface area contributed by atoms with Crippen molar-refractivity contribution in [3.63, 3.8) is 0 Å². The number of rotatable bonds is 0. The third-order valence-electron chi connectivity index (χ3n) is 0. The number of nitrogens with zero attached hydrogens (tertiary/aromatic N) is 2. The molecule has 0 bridgehead atoms. The molecule has 0 N–H and O–H groups in total. The van der Waals surface area contributed by atoms with E-state index in [0.29, 0.717) is 0 Å². The van der Waals surface area contributed by atoms with Crippen LogP contribution in [0.4, 0.5) is 0 Å². The molecule has 0 unspecified atom stereocenters. The second-order valence-electron chi connectivity index (χ2n) is 0.183. The quantitative estimate of drug-likeness (QED) is 0.297. The minimum absolute atomic E-state index is 0. The number of thiocarbonyl (C=S) groups is 2. The summed E-state index contributed by atoms with van der Waals surface area (Å²) in [7, 11) is 0. The monoisotopic (exact) mass is 352 g/mol. The second kappa shape index (κ2) is 36.1. The molecule has 0 aliphatic heterocycles. The van der Waals surface area contributed by atoms with Crippen LogP contribution >= 0.6 is 24.4 Å². The van der Waals surface area contributed by atoms with E-state index >= 15 is 0 Å². The van der Waals surface area contributed by atoms with E-state index in [1.54, 1.807) is 0 Å². The van der Waals surface area contributed by atoms with E-state index in [9.17, 15) is 0 Å². The summed E-state index contributed by atoms with van der Waals surface area (Å²) in [6.45, 7) is 0. The van der Waals surface area contributed by atoms with Crippen molar-refractivity contribution in [2.75, 3.05) is 0 Å². The summed E-state index contributed by atoms with van der Waals surface area (Å²) in [6.07, 6.45) is 0. The van der Waals surface area contributed by atoms with Crippen molar-refractivity contribution in [2.24, 2.45) is 0 Å². The van der Waals surface area contributed by atoms with Crippen LogP contribution < -0.4 is 51.4 Å². The van der Waals surface area contributed by atoms with Crippen molar-refractivity contribution < 1.29 is 73.8 Å². The molecule has 0 atom stereocenters. The van der Waals surface area contributed by atoms with Gasteiger partial charge in [-0.1, -0.05) is 24.4 Å². The van der Waals surface area contributed by atoms with Gasteiger partial charge in [-0.2, -0.15) is 10.3 Å². The molecule has 0 heterocycles. The Morgan fingerprint density at radius 3 is 1.00 bits per heavy atom. The molecule has 6 heteroatoms. The molecule has 8 heavy (non-hydrogen) atoms. The van der Waals surface area contributed by atoms with Crippen molar-refractivity contribution >= 4 is 34.8 Å². The maximum Gasteiger partial charge on any atom is 3.00 e. The first kappa shape index (κ1) is 22.5. The van der Waals surface area contributed by atoms with Gasteiger partial charge < -0.3 is 10.8 Å². The molecule has 0 aromatic rings. The fourth-order valence-corrected chi connectivity index (χ4v) is 0. The number of hydrogen-bond donors (Lipinski definition) is 0. The molecule has 0 saturated heterocycles. The average Bonchev–Trinajstić information content (AvgIpc) is 1.39. The number of hydrogen-bond acceptors (Lipinski definition) is 2. The SMILES string of the molecule is [Au+3].[K+].[N-]=C=S.[N-]=C=S. The van der Waals surface area contributed by atoms with Crippen LogP contribution in [0.2, 0.25) is 0 Å². The Hall–Kier alpha value is 1.98. The van der Waals surface area contributed by atoms with Crippen LogP contribution in [0.1, 0.15) is 0 Å². The second-order valence-corrected chi connectivity index (χ2v) is 0.548. The first-order valence-electron chi connectivity index (χ1n) is 0.855. The third kappa shape index (κ3) is 99.4. The van der Waals surface area contributed by atoms with E-state index in [0.717, 1.165) is 0 Å². The Bertz CT molecular complexity index is 72.0. The average molecular weight is 352 g/mol. The molecule has 40 valence electrons. The van der Waals surface area contributed by atoms with E-state index in [-0.39, 0.29) is 73.8 Å². The van der Waals surface area contributed by atoms with Crippen molar-refractivity contribution in [1.82, 2.24) is 0 Å². The Labute approximate surface area is 117 Å². The zero-order valence-corrected chi connectivity index (χ0v) is 10.9. The Morgan fingerprint density at radius 2 is 1.00 bits per heavy atom. The summed E-state index contributed by atoms with van der Waals surface area (Å²) in [4.78, 5) is 0. The van der Waals surface area contributed by atoms with Gasteiger partial charge in [0.25, 0.3) is 0 Å². The largest absolute Gasteiger partial charge is 3.00 e. The molecule has 0 radical (unpaired) electrons. The minimum Gasteiger partial charge on any atom is -0.753 e. The molecule has 0 spiro atoms. The van der Waals surface area contributed by atoms with Gasteiger partial charge in [-0.05, 0) is 0 Å². The maximum atomic E-state index is 7.13. The Kier molecular flexibility index (Phi) is 102. The zero-order valence-electron chi connectivity index (χ0n) is 4.01. The zero-order chi connectivity index (χ0) is 5.41. The molecule has 0 aromatic heterocycles. The maximum absolute atomic E-state index is 7.13. The van der Waals surface area contributed by atoms with Gasteiger partial charge in [0.15, 0.2) is 0 Å². The van der Waals surface area contributed by atoms with Crippen LogP contribution in [-0.2, 0) is 22.4 Å². The molecule has 2 nitrogen and oxygen atoms in total. The van der Waals surface area contributed by atoms with Crippen LogP contribution in [0.5, 0.6) is 0 Å². The summed E-state index contributed by atoms with van der Waals surface area (Å²) in [6, 6.07) is 0. The van der Waals surface area contributed by atoms with Crippen LogP contribution in [0.15, 0.2) is 0 Å². The van der Waals surface area contributed by atoms with Gasteiger partial charge in [0.05, 0.1) is 0 Å². The van der Waals surface area contributed by atoms with Crippen molar-refractivity contribution in [2.45, 2.75) is 0 Å². The van der Waals surface area contributed by atoms with E-state index < -0.39 is 0 Å². The minimum atomic E-state index is 0. The molecule has 0 aromatic carbocycles. The summed E-state index contributed by atoms with van der Waals surface area (Å²) >= 11 is 7.40. The molecule has 0 aliphatic carbocycles. The topological polar surface area (TPSA) is 44.6 Å². The molecule has 0 amide bonds. The van der Waals surface area contributed by atoms with E-state index in [2.05, 4.69) is 24.4 Å². The Morgan fingerprint density at radius 1 is 1.00 bits per heavy atom. The fraction of sp³-hybridized carbons (Fsp3) is 0. The van der Waals surface area contributed by atoms with Crippen LogP contribution in [0, 0.1) is 0 Å². The van der Waals surface area contributed by atoms with E-state index in [4.69, 9.17) is 10.8 Å². The summed E-state index contributed by atoms with van der Waals surface area (Å²) in [5.41, 5.74) is 0. The molecular formula is C2AuKN2S2+2. The van der Waals surface area contributed by atoms with Gasteiger partial charge in [0.2, 0.25) is 0 Å². The van der Waals surface area contributed by atoms with Crippen molar-refractivity contribution in [3.8, 4) is 0 Å². The van der Waals surface area contributed by atoms with Gasteiger partial charge in [-0.15, -0.1) is 0 Å². The summed E-state index contributed by atoms with van der Waals surface area (Å²) in [5.74, 6) is 0. The van der Waals surface area contributed by atoms with E-state index in [1.165, 1.54) is 10.3 Å². The van der Waals surface area contributed by atoms with Gasteiger partial charge >= 0.3 is 73.8 Å². The standard InChI is InChI=1S/2CNS.Au.K/c2*2-1-3;;/q2*-1;+3;+1. The molecule has 0 aliphatic rings. The third-order valence-corrected chi connectivity index (χ3v) is 0. The van der Waals surface area contributed by atoms with Crippen LogP contribution in [0.3, 0.4) is 0 Å². The van der Waals surface area contributed by atoms with Gasteiger partial charge in [0.1, 0.15) is 0 Å². The summed E-state index contributed by atoms with van der Waals surface area (Å²) < 4.78 is 0. The van der Waals surface area contributed by atoms with Crippen LogP contribution in [-0.4, -0.2) is 10.3 Å². The molecule has 0 saturated carbocycles. The van der Waals surface area contributed by atoms with Gasteiger partial charge in [-0.3, -0.25) is 0 Å². The predicted molar refractivity (Wildman–Crippen MR) is 31.9 cm³/mol. The normalized spacial score (nSPS) is 2.00. The summed E-state index contributed by atoms with van der Waals surface area (Å²) in [5, 5.41) is 16.9. The molecule has 0 rings (SSSR count). The van der Waals surface area contributed by atoms with E-state index in [1.807, 2.05) is 0 Å². The van der Waals surface area contributed by atoms with Gasteiger partial charge in [0, 0.05) is 0 Å². The van der Waals surface area contributed by atoms with Crippen LogP contribution in [0.25, 0.3) is 10.8 Å². The van der Waals surface area contributed by atoms with Crippen molar-refractivity contribution in [3.05, 3.63) is 10.8 Å².